The van der Waals surface area contributed by atoms with E-state index in [1.165, 1.54) is 43.2 Å². The third-order valence-corrected chi connectivity index (χ3v) is 4.99. The number of hydrogen-bond donors (Lipinski definition) is 0. The minimum Gasteiger partial charge on any atom is -0.0848 e. The van der Waals surface area contributed by atoms with Crippen molar-refractivity contribution in [2.24, 2.45) is 11.3 Å². The van der Waals surface area contributed by atoms with E-state index in [-0.39, 0.29) is 0 Å². The number of benzene rings is 1. The van der Waals surface area contributed by atoms with E-state index >= 15 is 0 Å². The van der Waals surface area contributed by atoms with E-state index in [1.54, 1.807) is 5.57 Å². The standard InChI is InChI=1S/C19H28/c1-5-7-18-17(12-13-19(18,4)6-2)14-16-10-8-15(3)9-11-16/h7-11,17H,5-6,12-14H2,1-4H3/b18-7-. The molecule has 0 nitrogen and oxygen atoms in total. The average Bonchev–Trinajstić information content (AvgIpc) is 2.72. The maximum atomic E-state index is 2.51. The minimum atomic E-state index is 0.464. The smallest absolute Gasteiger partial charge is 0.0116 e. The fourth-order valence-electron chi connectivity index (χ4n) is 3.52. The number of allylic oxidation sites excluding steroid dienone is 2. The third kappa shape index (κ3) is 3.11. The van der Waals surface area contributed by atoms with Gasteiger partial charge in [0.05, 0.1) is 0 Å². The van der Waals surface area contributed by atoms with Gasteiger partial charge in [-0.05, 0) is 55.9 Å². The maximum Gasteiger partial charge on any atom is -0.0116 e. The highest BCUT2D eigenvalue weighted by Crippen LogP contribution is 2.49. The largest absolute Gasteiger partial charge is 0.0848 e. The van der Waals surface area contributed by atoms with Gasteiger partial charge in [0, 0.05) is 0 Å². The van der Waals surface area contributed by atoms with E-state index in [0.29, 0.717) is 5.41 Å². The Morgan fingerprint density at radius 2 is 1.89 bits per heavy atom. The first-order valence-electron chi connectivity index (χ1n) is 7.85. The predicted molar refractivity (Wildman–Crippen MR) is 84.4 cm³/mol. The summed E-state index contributed by atoms with van der Waals surface area (Å²) in [6.07, 6.45) is 8.92. The number of hydrogen-bond acceptors (Lipinski definition) is 0. The Morgan fingerprint density at radius 1 is 1.21 bits per heavy atom. The van der Waals surface area contributed by atoms with Gasteiger partial charge in [-0.15, -0.1) is 0 Å². The highest BCUT2D eigenvalue weighted by Gasteiger charge is 2.38. The van der Waals surface area contributed by atoms with Crippen molar-refractivity contribution in [2.75, 3.05) is 0 Å². The molecule has 1 fully saturated rings. The van der Waals surface area contributed by atoms with Gasteiger partial charge in [0.15, 0.2) is 0 Å². The Bertz CT molecular complexity index is 438. The van der Waals surface area contributed by atoms with Crippen molar-refractivity contribution in [3.63, 3.8) is 0 Å². The van der Waals surface area contributed by atoms with Crippen molar-refractivity contribution in [1.82, 2.24) is 0 Å². The second kappa shape index (κ2) is 5.94. The molecule has 2 rings (SSSR count). The molecule has 1 aromatic rings. The van der Waals surface area contributed by atoms with E-state index in [2.05, 4.69) is 58.0 Å². The normalized spacial score (nSPS) is 29.1. The molecule has 104 valence electrons. The molecule has 0 aliphatic heterocycles. The summed E-state index contributed by atoms with van der Waals surface area (Å²) >= 11 is 0. The summed E-state index contributed by atoms with van der Waals surface area (Å²) in [5, 5.41) is 0. The van der Waals surface area contributed by atoms with Gasteiger partial charge in [0.1, 0.15) is 0 Å². The van der Waals surface area contributed by atoms with Gasteiger partial charge in [-0.3, -0.25) is 0 Å². The van der Waals surface area contributed by atoms with Crippen LogP contribution < -0.4 is 0 Å². The van der Waals surface area contributed by atoms with Crippen LogP contribution in [0.5, 0.6) is 0 Å². The van der Waals surface area contributed by atoms with Crippen LogP contribution in [0.2, 0.25) is 0 Å². The topological polar surface area (TPSA) is 0 Å². The molecule has 0 N–H and O–H groups in total. The van der Waals surface area contributed by atoms with Gasteiger partial charge in [0.25, 0.3) is 0 Å². The summed E-state index contributed by atoms with van der Waals surface area (Å²) in [6, 6.07) is 9.10. The van der Waals surface area contributed by atoms with Crippen LogP contribution in [0.4, 0.5) is 0 Å². The molecule has 0 heterocycles. The zero-order valence-corrected chi connectivity index (χ0v) is 13.0. The van der Waals surface area contributed by atoms with Crippen LogP contribution in [0.15, 0.2) is 35.9 Å². The molecule has 0 radical (unpaired) electrons. The maximum absolute atomic E-state index is 2.51. The lowest BCUT2D eigenvalue weighted by Crippen LogP contribution is -2.15. The minimum absolute atomic E-state index is 0.464. The Hall–Kier alpha value is -1.04. The van der Waals surface area contributed by atoms with Gasteiger partial charge >= 0.3 is 0 Å². The first-order valence-corrected chi connectivity index (χ1v) is 7.85. The van der Waals surface area contributed by atoms with Gasteiger partial charge < -0.3 is 0 Å². The lowest BCUT2D eigenvalue weighted by molar-refractivity contribution is 0.392. The van der Waals surface area contributed by atoms with Crippen LogP contribution in [0.3, 0.4) is 0 Å². The van der Waals surface area contributed by atoms with Crippen molar-refractivity contribution in [2.45, 2.75) is 59.8 Å². The molecule has 1 aliphatic carbocycles. The van der Waals surface area contributed by atoms with Gasteiger partial charge in [-0.1, -0.05) is 62.2 Å². The molecule has 0 saturated heterocycles. The van der Waals surface area contributed by atoms with E-state index in [0.717, 1.165) is 5.92 Å². The van der Waals surface area contributed by atoms with Crippen LogP contribution >= 0.6 is 0 Å². The lowest BCUT2D eigenvalue weighted by Gasteiger charge is -2.27. The summed E-state index contributed by atoms with van der Waals surface area (Å²) in [4.78, 5) is 0. The molecule has 0 aromatic heterocycles. The van der Waals surface area contributed by atoms with Crippen LogP contribution in [0, 0.1) is 18.3 Å². The Balaban J connectivity index is 2.16. The Morgan fingerprint density at radius 3 is 2.47 bits per heavy atom. The highest BCUT2D eigenvalue weighted by molar-refractivity contribution is 5.27. The van der Waals surface area contributed by atoms with Crippen molar-refractivity contribution in [3.05, 3.63) is 47.0 Å². The van der Waals surface area contributed by atoms with Crippen molar-refractivity contribution >= 4 is 0 Å². The molecule has 19 heavy (non-hydrogen) atoms. The molecule has 0 amide bonds. The van der Waals surface area contributed by atoms with Gasteiger partial charge in [-0.2, -0.15) is 0 Å². The van der Waals surface area contributed by atoms with Crippen LogP contribution in [-0.4, -0.2) is 0 Å². The molecule has 0 spiro atoms. The molecule has 0 heteroatoms. The summed E-state index contributed by atoms with van der Waals surface area (Å²) in [6.45, 7) is 9.24. The first kappa shape index (κ1) is 14.4. The van der Waals surface area contributed by atoms with E-state index in [9.17, 15) is 0 Å². The molecule has 1 aromatic carbocycles. The fourth-order valence-corrected chi connectivity index (χ4v) is 3.52. The summed E-state index contributed by atoms with van der Waals surface area (Å²) in [7, 11) is 0. The SMILES string of the molecule is CC/C=C1/C(Cc2ccc(C)cc2)CCC1(C)CC. The Kier molecular flexibility index (Phi) is 4.50. The fraction of sp³-hybridized carbons (Fsp3) is 0.579. The first-order chi connectivity index (χ1) is 9.09. The molecule has 1 aliphatic rings. The third-order valence-electron chi connectivity index (χ3n) is 4.99. The van der Waals surface area contributed by atoms with Crippen molar-refractivity contribution < 1.29 is 0 Å². The van der Waals surface area contributed by atoms with E-state index in [4.69, 9.17) is 0 Å². The van der Waals surface area contributed by atoms with E-state index in [1.807, 2.05) is 0 Å². The molecular formula is C19H28. The van der Waals surface area contributed by atoms with Crippen LogP contribution in [0.1, 0.15) is 57.6 Å². The van der Waals surface area contributed by atoms with Crippen molar-refractivity contribution in [3.8, 4) is 0 Å². The van der Waals surface area contributed by atoms with Gasteiger partial charge in [0.2, 0.25) is 0 Å². The summed E-state index contributed by atoms with van der Waals surface area (Å²) < 4.78 is 0. The number of rotatable bonds is 4. The van der Waals surface area contributed by atoms with Crippen molar-refractivity contribution in [1.29, 1.82) is 0 Å². The van der Waals surface area contributed by atoms with Gasteiger partial charge in [-0.25, -0.2) is 0 Å². The second-order valence-electron chi connectivity index (χ2n) is 6.41. The van der Waals surface area contributed by atoms with Crippen LogP contribution in [-0.2, 0) is 6.42 Å². The summed E-state index contributed by atoms with van der Waals surface area (Å²) in [5.41, 5.74) is 5.06. The molecular weight excluding hydrogens is 228 g/mol. The quantitative estimate of drug-likeness (QED) is 0.606. The molecule has 2 atom stereocenters. The molecule has 2 unspecified atom stereocenters. The van der Waals surface area contributed by atoms with E-state index < -0.39 is 0 Å². The number of aryl methyl sites for hydroxylation is 1. The molecule has 1 saturated carbocycles. The summed E-state index contributed by atoms with van der Waals surface area (Å²) in [5.74, 6) is 0.771. The monoisotopic (exact) mass is 256 g/mol. The lowest BCUT2D eigenvalue weighted by atomic mass is 9.78. The zero-order valence-electron chi connectivity index (χ0n) is 13.0. The zero-order chi connectivity index (χ0) is 13.9. The predicted octanol–water partition coefficient (Wildman–Crippen LogP) is 5.70. The highest BCUT2D eigenvalue weighted by atomic mass is 14.4. The van der Waals surface area contributed by atoms with Crippen LogP contribution in [0.25, 0.3) is 0 Å². The second-order valence-corrected chi connectivity index (χ2v) is 6.41. The molecule has 0 bridgehead atoms. The Labute approximate surface area is 118 Å². The average molecular weight is 256 g/mol.